The molecule has 3 atom stereocenters. The smallest absolute Gasteiger partial charge is 0.369 e. The number of anilines is 1. The van der Waals surface area contributed by atoms with E-state index in [1.807, 2.05) is 0 Å². The van der Waals surface area contributed by atoms with E-state index in [-0.39, 0.29) is 0 Å². The molecule has 1 aromatic carbocycles. The molecule has 1 aromatic rings. The number of hydrogen-bond acceptors (Lipinski definition) is 4. The minimum absolute atomic E-state index is 0.348. The minimum atomic E-state index is -4.75. The summed E-state index contributed by atoms with van der Waals surface area (Å²) in [5.41, 5.74) is 4.72. The van der Waals surface area contributed by atoms with Crippen LogP contribution in [0.5, 0.6) is 0 Å². The van der Waals surface area contributed by atoms with Crippen LogP contribution in [0.25, 0.3) is 0 Å². The molecule has 5 nitrogen and oxygen atoms in total. The molecule has 2 rings (SSSR count). The molecule has 0 aromatic heterocycles. The topological polar surface area (TPSA) is 66.6 Å². The van der Waals surface area contributed by atoms with E-state index in [9.17, 15) is 27.6 Å². The lowest BCUT2D eigenvalue weighted by Gasteiger charge is -2.41. The Bertz CT molecular complexity index is 628. The number of hydroxylamine groups is 2. The predicted octanol–water partition coefficient (Wildman–Crippen LogP) is 3.00. The van der Waals surface area contributed by atoms with Crippen molar-refractivity contribution in [3.05, 3.63) is 30.1 Å². The monoisotopic (exact) mass is 368 g/mol. The third-order valence-electron chi connectivity index (χ3n) is 3.79. The summed E-state index contributed by atoms with van der Waals surface area (Å²) in [6, 6.07) is 4.12. The number of benzene rings is 1. The summed E-state index contributed by atoms with van der Waals surface area (Å²) < 4.78 is 53.5. The first-order valence-electron chi connectivity index (χ1n) is 7.15. The predicted molar refractivity (Wildman–Crippen MR) is 81.1 cm³/mol. The molecule has 10 heteroatoms. The number of nitrogens with zero attached hydrogens (tertiary/aromatic N) is 2. The van der Waals surface area contributed by atoms with Gasteiger partial charge in [-0.1, -0.05) is 28.6 Å². The number of carbonyl (C=O) groups excluding carboxylic acids is 1. The highest BCUT2D eigenvalue weighted by Gasteiger charge is 2.65. The van der Waals surface area contributed by atoms with Gasteiger partial charge >= 0.3 is 6.18 Å². The zero-order valence-corrected chi connectivity index (χ0v) is 13.8. The number of thioether (sulfide) groups is 1. The number of amides is 1. The molecule has 1 heterocycles. The van der Waals surface area contributed by atoms with E-state index >= 15 is 0 Å². The molecule has 1 aliphatic rings. The van der Waals surface area contributed by atoms with E-state index in [0.29, 0.717) is 16.8 Å². The van der Waals surface area contributed by atoms with Crippen LogP contribution in [-0.4, -0.2) is 38.8 Å². The van der Waals surface area contributed by atoms with E-state index in [1.165, 1.54) is 26.0 Å². The van der Waals surface area contributed by atoms with Crippen molar-refractivity contribution in [2.75, 3.05) is 5.01 Å². The maximum absolute atomic E-state index is 14.2. The van der Waals surface area contributed by atoms with Gasteiger partial charge in [0.25, 0.3) is 0 Å². The standard InChI is InChI=1S/C14H17F4N3O2S/c1-8(2)21(23)12(7-11(19)22)24-13(14(16,17)18)20(21)10-6-4-3-5-9(10)15/h3-6,8,12-13,23H,7H2,1-2H3,(H-,19,22)/p+1. The van der Waals surface area contributed by atoms with Gasteiger partial charge in [0.2, 0.25) is 16.7 Å². The Hall–Kier alpha value is -1.52. The lowest BCUT2D eigenvalue weighted by Crippen LogP contribution is -2.65. The number of rotatable bonds is 4. The SMILES string of the molecule is CC(C)[N+]1(O)C(CC(N)=O)SC(C(F)(F)F)N1c1ccccc1F. The van der Waals surface area contributed by atoms with Crippen LogP contribution in [0.4, 0.5) is 23.2 Å². The fraction of sp³-hybridized carbons (Fsp3) is 0.500. The Balaban J connectivity index is 2.63. The van der Waals surface area contributed by atoms with Crippen LogP contribution < -0.4 is 10.7 Å². The first-order chi connectivity index (χ1) is 11.0. The number of halogens is 4. The average Bonchev–Trinajstić information content (AvgIpc) is 2.73. The van der Waals surface area contributed by atoms with Gasteiger partial charge in [-0.05, 0) is 26.0 Å². The first-order valence-corrected chi connectivity index (χ1v) is 8.09. The Labute approximate surface area is 140 Å². The van der Waals surface area contributed by atoms with Crippen molar-refractivity contribution >= 4 is 23.4 Å². The average molecular weight is 368 g/mol. The summed E-state index contributed by atoms with van der Waals surface area (Å²) in [6.07, 6.45) is -5.22. The number of para-hydroxylation sites is 1. The Morgan fingerprint density at radius 3 is 2.46 bits per heavy atom. The molecular formula is C14H18F4N3O2S+. The van der Waals surface area contributed by atoms with Crippen LogP contribution in [0.15, 0.2) is 24.3 Å². The Morgan fingerprint density at radius 1 is 1.42 bits per heavy atom. The second kappa shape index (κ2) is 6.41. The van der Waals surface area contributed by atoms with Gasteiger partial charge < -0.3 is 5.73 Å². The van der Waals surface area contributed by atoms with Crippen LogP contribution in [0.3, 0.4) is 0 Å². The zero-order chi connectivity index (χ0) is 18.3. The molecule has 3 unspecified atom stereocenters. The highest BCUT2D eigenvalue weighted by atomic mass is 32.2. The van der Waals surface area contributed by atoms with Crippen LogP contribution >= 0.6 is 11.8 Å². The third-order valence-corrected chi connectivity index (χ3v) is 5.31. The second-order valence-corrected chi connectivity index (χ2v) is 7.01. The highest BCUT2D eigenvalue weighted by Crippen LogP contribution is 2.51. The second-order valence-electron chi connectivity index (χ2n) is 5.75. The lowest BCUT2D eigenvalue weighted by molar-refractivity contribution is -1.13. The number of alkyl halides is 3. The molecule has 134 valence electrons. The van der Waals surface area contributed by atoms with Crippen molar-refractivity contribution in [1.82, 2.24) is 0 Å². The minimum Gasteiger partial charge on any atom is -0.369 e. The van der Waals surface area contributed by atoms with E-state index in [1.54, 1.807) is 0 Å². The molecule has 0 bridgehead atoms. The van der Waals surface area contributed by atoms with Gasteiger partial charge in [0.15, 0.2) is 5.82 Å². The molecule has 0 spiro atoms. The van der Waals surface area contributed by atoms with Gasteiger partial charge in [-0.2, -0.15) is 23.4 Å². The molecule has 1 saturated heterocycles. The van der Waals surface area contributed by atoms with Gasteiger partial charge in [0.05, 0.1) is 6.42 Å². The molecule has 3 N–H and O–H groups in total. The van der Waals surface area contributed by atoms with Crippen molar-refractivity contribution in [2.45, 2.75) is 43.2 Å². The summed E-state index contributed by atoms with van der Waals surface area (Å²) >= 11 is 0.348. The third kappa shape index (κ3) is 3.17. The lowest BCUT2D eigenvalue weighted by atomic mass is 10.2. The number of quaternary nitrogens is 1. The van der Waals surface area contributed by atoms with Crippen molar-refractivity contribution in [3.8, 4) is 0 Å². The highest BCUT2D eigenvalue weighted by molar-refractivity contribution is 8.00. The first kappa shape index (κ1) is 18.8. The van der Waals surface area contributed by atoms with Crippen LogP contribution in [-0.2, 0) is 4.79 Å². The van der Waals surface area contributed by atoms with E-state index in [2.05, 4.69) is 0 Å². The quantitative estimate of drug-likeness (QED) is 0.633. The summed E-state index contributed by atoms with van der Waals surface area (Å²) in [5, 5.41) is 8.17. The fourth-order valence-electron chi connectivity index (χ4n) is 2.69. The Morgan fingerprint density at radius 2 is 2.00 bits per heavy atom. The van der Waals surface area contributed by atoms with Crippen LogP contribution in [0.1, 0.15) is 20.3 Å². The van der Waals surface area contributed by atoms with Gasteiger partial charge in [-0.25, -0.2) is 4.39 Å². The van der Waals surface area contributed by atoms with E-state index in [0.717, 1.165) is 12.1 Å². The molecule has 24 heavy (non-hydrogen) atoms. The largest absolute Gasteiger partial charge is 0.423 e. The van der Waals surface area contributed by atoms with Crippen LogP contribution in [0.2, 0.25) is 0 Å². The van der Waals surface area contributed by atoms with E-state index in [4.69, 9.17) is 5.73 Å². The van der Waals surface area contributed by atoms with Gasteiger partial charge in [-0.3, -0.25) is 4.79 Å². The maximum Gasteiger partial charge on any atom is 0.423 e. The molecule has 0 radical (unpaired) electrons. The number of carbonyl (C=O) groups is 1. The molecule has 0 saturated carbocycles. The molecule has 1 fully saturated rings. The Kier molecular flexibility index (Phi) is 5.03. The number of nitrogens with two attached hydrogens (primary N) is 1. The maximum atomic E-state index is 14.2. The van der Waals surface area contributed by atoms with Crippen molar-refractivity contribution < 1.29 is 32.3 Å². The molecular weight excluding hydrogens is 350 g/mol. The van der Waals surface area contributed by atoms with Gasteiger partial charge in [0.1, 0.15) is 11.7 Å². The summed E-state index contributed by atoms with van der Waals surface area (Å²) in [6.45, 7) is 2.97. The van der Waals surface area contributed by atoms with Gasteiger partial charge in [-0.15, -0.1) is 0 Å². The summed E-state index contributed by atoms with van der Waals surface area (Å²) in [7, 11) is 0. The summed E-state index contributed by atoms with van der Waals surface area (Å²) in [5.74, 6) is -1.75. The van der Waals surface area contributed by atoms with Crippen LogP contribution in [0, 0.1) is 5.82 Å². The normalized spacial score (nSPS) is 27.8. The number of primary amides is 1. The molecule has 1 amide bonds. The zero-order valence-electron chi connectivity index (χ0n) is 13.0. The van der Waals surface area contributed by atoms with Crippen molar-refractivity contribution in [3.63, 3.8) is 0 Å². The van der Waals surface area contributed by atoms with E-state index < -0.39 is 51.6 Å². The van der Waals surface area contributed by atoms with Gasteiger partial charge in [0, 0.05) is 0 Å². The molecule has 0 aliphatic carbocycles. The summed E-state index contributed by atoms with van der Waals surface area (Å²) in [4.78, 5) is 11.2. The van der Waals surface area contributed by atoms with Crippen molar-refractivity contribution in [2.24, 2.45) is 5.73 Å². The molecule has 1 aliphatic heterocycles. The number of hydrogen-bond donors (Lipinski definition) is 2. The fourth-order valence-corrected chi connectivity index (χ4v) is 4.31. The van der Waals surface area contributed by atoms with Crippen molar-refractivity contribution in [1.29, 1.82) is 0 Å².